The Morgan fingerprint density at radius 1 is 1.23 bits per heavy atom. The summed E-state index contributed by atoms with van der Waals surface area (Å²) < 4.78 is 16.8. The molecule has 1 fully saturated rings. The van der Waals surface area contributed by atoms with E-state index in [0.717, 1.165) is 0 Å². The molecule has 0 radical (unpaired) electrons. The summed E-state index contributed by atoms with van der Waals surface area (Å²) in [7, 11) is -2.04. The summed E-state index contributed by atoms with van der Waals surface area (Å²) in [5.41, 5.74) is -0.0332. The third kappa shape index (κ3) is 6.76. The number of carbonyl (C=O) groups is 2. The number of rotatable bonds is 5. The first-order valence-electron chi connectivity index (χ1n) is 9.17. The zero-order chi connectivity index (χ0) is 20.3. The van der Waals surface area contributed by atoms with Gasteiger partial charge in [-0.15, -0.1) is 0 Å². The fraction of sp³-hybridized carbons (Fsp3) is 0.789. The number of amides is 1. The van der Waals surface area contributed by atoms with E-state index in [1.165, 1.54) is 0 Å². The number of esters is 1. The molecule has 150 valence electrons. The molecule has 1 N–H and O–H groups in total. The van der Waals surface area contributed by atoms with Crippen LogP contribution in [0.5, 0.6) is 0 Å². The van der Waals surface area contributed by atoms with Crippen LogP contribution < -0.4 is 5.32 Å². The molecule has 0 aliphatic carbocycles. The standard InChI is InChI=1S/C19H35NO5Si/c1-13(25-26(8,9)19(5,6)7)15(12-14-10-11-23-16(14)21)20-17(22)24-18(2,3)4/h12-13,15H,10-11H2,1-9H3,(H,20,22)/b14-12+/t13-,15-/m1/s1. The van der Waals surface area contributed by atoms with Gasteiger partial charge in [0, 0.05) is 12.0 Å². The molecule has 1 amide bonds. The lowest BCUT2D eigenvalue weighted by atomic mass is 10.1. The van der Waals surface area contributed by atoms with Gasteiger partial charge in [0.25, 0.3) is 0 Å². The second-order valence-electron chi connectivity index (χ2n) is 9.33. The molecule has 26 heavy (non-hydrogen) atoms. The summed E-state index contributed by atoms with van der Waals surface area (Å²) in [6.07, 6.45) is 1.45. The van der Waals surface area contributed by atoms with Crippen molar-refractivity contribution in [3.8, 4) is 0 Å². The lowest BCUT2D eigenvalue weighted by molar-refractivity contribution is -0.135. The van der Waals surface area contributed by atoms with E-state index in [4.69, 9.17) is 13.9 Å². The Bertz CT molecular complexity index is 557. The number of cyclic esters (lactones) is 1. The largest absolute Gasteiger partial charge is 0.462 e. The number of hydrogen-bond donors (Lipinski definition) is 1. The van der Waals surface area contributed by atoms with Crippen LogP contribution >= 0.6 is 0 Å². The fourth-order valence-corrected chi connectivity index (χ4v) is 3.70. The molecular weight excluding hydrogens is 350 g/mol. The van der Waals surface area contributed by atoms with Crippen molar-refractivity contribution in [1.29, 1.82) is 0 Å². The minimum atomic E-state index is -2.04. The van der Waals surface area contributed by atoms with E-state index in [2.05, 4.69) is 39.2 Å². The Kier molecular flexibility index (Phi) is 7.09. The maximum absolute atomic E-state index is 12.3. The highest BCUT2D eigenvalue weighted by atomic mass is 28.4. The Morgan fingerprint density at radius 2 is 1.81 bits per heavy atom. The lowest BCUT2D eigenvalue weighted by Gasteiger charge is -2.40. The lowest BCUT2D eigenvalue weighted by Crippen LogP contribution is -2.51. The van der Waals surface area contributed by atoms with Crippen molar-refractivity contribution in [3.05, 3.63) is 11.6 Å². The smallest absolute Gasteiger partial charge is 0.408 e. The number of alkyl carbamates (subject to hydrolysis) is 1. The Morgan fingerprint density at radius 3 is 2.23 bits per heavy atom. The summed E-state index contributed by atoms with van der Waals surface area (Å²) in [5.74, 6) is -0.333. The highest BCUT2D eigenvalue weighted by Crippen LogP contribution is 2.37. The van der Waals surface area contributed by atoms with Gasteiger partial charge in [-0.3, -0.25) is 0 Å². The monoisotopic (exact) mass is 385 g/mol. The zero-order valence-electron chi connectivity index (χ0n) is 17.7. The minimum Gasteiger partial charge on any atom is -0.462 e. The Balaban J connectivity index is 3.00. The van der Waals surface area contributed by atoms with Crippen LogP contribution in [0.25, 0.3) is 0 Å². The van der Waals surface area contributed by atoms with Gasteiger partial charge in [0.2, 0.25) is 0 Å². The first kappa shape index (κ1) is 22.7. The molecule has 0 aromatic rings. The summed E-state index contributed by atoms with van der Waals surface area (Å²) in [6.45, 7) is 18.5. The molecule has 1 heterocycles. The number of nitrogens with one attached hydrogen (secondary N) is 1. The van der Waals surface area contributed by atoms with E-state index in [1.807, 2.05) is 27.7 Å². The Hall–Kier alpha value is -1.34. The van der Waals surface area contributed by atoms with Crippen molar-refractivity contribution in [1.82, 2.24) is 5.32 Å². The molecule has 0 aromatic heterocycles. The van der Waals surface area contributed by atoms with Crippen molar-refractivity contribution < 1.29 is 23.5 Å². The van der Waals surface area contributed by atoms with Crippen molar-refractivity contribution >= 4 is 20.4 Å². The van der Waals surface area contributed by atoms with Gasteiger partial charge < -0.3 is 19.2 Å². The molecule has 7 heteroatoms. The number of hydrogen-bond acceptors (Lipinski definition) is 5. The van der Waals surface area contributed by atoms with E-state index in [0.29, 0.717) is 18.6 Å². The van der Waals surface area contributed by atoms with Gasteiger partial charge in [-0.2, -0.15) is 0 Å². The maximum atomic E-state index is 12.3. The maximum Gasteiger partial charge on any atom is 0.408 e. The average Bonchev–Trinajstić information content (AvgIpc) is 2.79. The van der Waals surface area contributed by atoms with Gasteiger partial charge in [-0.05, 0) is 51.9 Å². The van der Waals surface area contributed by atoms with Crippen molar-refractivity contribution in [2.75, 3.05) is 6.61 Å². The first-order valence-corrected chi connectivity index (χ1v) is 12.1. The molecule has 1 aliphatic rings. The zero-order valence-corrected chi connectivity index (χ0v) is 18.7. The van der Waals surface area contributed by atoms with Crippen LogP contribution in [0.2, 0.25) is 18.1 Å². The van der Waals surface area contributed by atoms with Crippen molar-refractivity contribution in [3.63, 3.8) is 0 Å². The molecule has 6 nitrogen and oxygen atoms in total. The van der Waals surface area contributed by atoms with Crippen LogP contribution in [0.15, 0.2) is 11.6 Å². The molecule has 1 saturated heterocycles. The average molecular weight is 386 g/mol. The second kappa shape index (κ2) is 8.13. The molecule has 0 unspecified atom stereocenters. The number of carbonyl (C=O) groups excluding carboxylic acids is 2. The summed E-state index contributed by atoms with van der Waals surface area (Å²) in [4.78, 5) is 24.1. The van der Waals surface area contributed by atoms with E-state index in [1.54, 1.807) is 6.08 Å². The van der Waals surface area contributed by atoms with E-state index < -0.39 is 26.1 Å². The summed E-state index contributed by atoms with van der Waals surface area (Å²) >= 11 is 0. The van der Waals surface area contributed by atoms with E-state index >= 15 is 0 Å². The molecular formula is C19H35NO5Si. The Labute approximate surface area is 158 Å². The molecule has 1 aliphatic heterocycles. The summed E-state index contributed by atoms with van der Waals surface area (Å²) in [6, 6.07) is -0.473. The molecule has 0 bridgehead atoms. The first-order chi connectivity index (χ1) is 11.6. The van der Waals surface area contributed by atoms with Crippen molar-refractivity contribution in [2.24, 2.45) is 0 Å². The topological polar surface area (TPSA) is 73.9 Å². The van der Waals surface area contributed by atoms with Gasteiger partial charge in [0.15, 0.2) is 8.32 Å². The highest BCUT2D eigenvalue weighted by Gasteiger charge is 2.40. The van der Waals surface area contributed by atoms with Crippen LogP contribution in [0.3, 0.4) is 0 Å². The van der Waals surface area contributed by atoms with Crippen molar-refractivity contribution in [2.45, 2.75) is 90.8 Å². The van der Waals surface area contributed by atoms with Gasteiger partial charge in [0.05, 0.1) is 18.8 Å². The minimum absolute atomic E-state index is 0.0388. The molecule has 0 saturated carbocycles. The van der Waals surface area contributed by atoms with Crippen LogP contribution in [0.1, 0.15) is 54.9 Å². The SMILES string of the molecule is C[C@@H](O[Si](C)(C)C(C)(C)C)[C@@H](/C=C1\CCOC1=O)NC(=O)OC(C)(C)C. The molecule has 2 atom stereocenters. The van der Waals surface area contributed by atoms with Gasteiger partial charge in [-0.1, -0.05) is 20.8 Å². The second-order valence-corrected chi connectivity index (χ2v) is 14.1. The fourth-order valence-electron chi connectivity index (χ4n) is 2.27. The molecule has 0 spiro atoms. The summed E-state index contributed by atoms with van der Waals surface area (Å²) in [5, 5.41) is 2.89. The molecule has 1 rings (SSSR count). The van der Waals surface area contributed by atoms with Crippen LogP contribution in [-0.4, -0.2) is 44.7 Å². The van der Waals surface area contributed by atoms with Gasteiger partial charge in [-0.25, -0.2) is 9.59 Å². The highest BCUT2D eigenvalue weighted by molar-refractivity contribution is 6.74. The van der Waals surface area contributed by atoms with Crippen LogP contribution in [0.4, 0.5) is 4.79 Å². The third-order valence-electron chi connectivity index (χ3n) is 4.72. The van der Waals surface area contributed by atoms with Gasteiger partial charge >= 0.3 is 12.1 Å². The van der Waals surface area contributed by atoms with E-state index in [-0.39, 0.29) is 17.1 Å². The van der Waals surface area contributed by atoms with Crippen LogP contribution in [0, 0.1) is 0 Å². The molecule has 0 aromatic carbocycles. The number of ether oxygens (including phenoxy) is 2. The van der Waals surface area contributed by atoms with E-state index in [9.17, 15) is 9.59 Å². The predicted molar refractivity (Wildman–Crippen MR) is 105 cm³/mol. The normalized spacial score (nSPS) is 19.9. The van der Waals surface area contributed by atoms with Gasteiger partial charge in [0.1, 0.15) is 5.60 Å². The quantitative estimate of drug-likeness (QED) is 0.437. The van der Waals surface area contributed by atoms with Crippen LogP contribution in [-0.2, 0) is 18.7 Å². The predicted octanol–water partition coefficient (Wildman–Crippen LogP) is 4.16. The third-order valence-corrected chi connectivity index (χ3v) is 9.30.